The number of nitrogens with two attached hydrogens (primary N) is 1. The van der Waals surface area contributed by atoms with E-state index < -0.39 is 0 Å². The van der Waals surface area contributed by atoms with Crippen LogP contribution in [0.15, 0.2) is 22.7 Å². The lowest BCUT2D eigenvalue weighted by molar-refractivity contribution is -0.122. The molecule has 0 spiro atoms. The Morgan fingerprint density at radius 1 is 1.33 bits per heavy atom. The largest absolute Gasteiger partial charge is 0.353 e. The second kappa shape index (κ2) is 8.76. The second-order valence-corrected chi connectivity index (χ2v) is 6.62. The Labute approximate surface area is 141 Å². The fraction of sp³-hybridized carbons (Fsp3) is 0.562. The number of carbonyl (C=O) groups is 1. The van der Waals surface area contributed by atoms with Crippen LogP contribution in [0.25, 0.3) is 0 Å². The van der Waals surface area contributed by atoms with Gasteiger partial charge < -0.3 is 11.1 Å². The summed E-state index contributed by atoms with van der Waals surface area (Å²) >= 11 is 3.49. The van der Waals surface area contributed by atoms with E-state index in [1.54, 1.807) is 0 Å². The number of hydrogen-bond donors (Lipinski definition) is 2. The highest BCUT2D eigenvalue weighted by molar-refractivity contribution is 9.10. The van der Waals surface area contributed by atoms with Gasteiger partial charge in [-0.15, -0.1) is 12.4 Å². The van der Waals surface area contributed by atoms with Crippen LogP contribution in [-0.4, -0.2) is 18.0 Å². The average molecular weight is 376 g/mol. The van der Waals surface area contributed by atoms with Crippen molar-refractivity contribution in [2.45, 2.75) is 57.5 Å². The van der Waals surface area contributed by atoms with Gasteiger partial charge in [0.25, 0.3) is 0 Å². The van der Waals surface area contributed by atoms with Crippen LogP contribution in [0, 0.1) is 6.92 Å². The molecule has 0 aromatic heterocycles. The summed E-state index contributed by atoms with van der Waals surface area (Å²) in [4.78, 5) is 12.0. The first kappa shape index (κ1) is 18.5. The van der Waals surface area contributed by atoms with E-state index in [1.165, 1.54) is 11.1 Å². The quantitative estimate of drug-likeness (QED) is 0.846. The topological polar surface area (TPSA) is 55.1 Å². The SMILES string of the molecule is Cc1cc(CCC(=O)NC2CCC(N)CC2)ccc1Br.Cl. The highest BCUT2D eigenvalue weighted by atomic mass is 79.9. The van der Waals surface area contributed by atoms with Gasteiger partial charge in [0.1, 0.15) is 0 Å². The Morgan fingerprint density at radius 2 is 2.00 bits per heavy atom. The molecule has 1 aliphatic carbocycles. The summed E-state index contributed by atoms with van der Waals surface area (Å²) in [6.45, 7) is 2.07. The van der Waals surface area contributed by atoms with Gasteiger partial charge in [-0.2, -0.15) is 0 Å². The number of aryl methyl sites for hydroxylation is 2. The Bertz CT molecular complexity index is 473. The maximum Gasteiger partial charge on any atom is 0.220 e. The first-order valence-electron chi connectivity index (χ1n) is 7.34. The standard InChI is InChI=1S/C16H23BrN2O.ClH/c1-11-10-12(2-8-15(11)17)3-9-16(20)19-14-6-4-13(18)5-7-14;/h2,8,10,13-14H,3-7,9,18H2,1H3,(H,19,20);1H. The fourth-order valence-corrected chi connectivity index (χ4v) is 2.93. The molecule has 0 radical (unpaired) electrons. The number of benzene rings is 1. The highest BCUT2D eigenvalue weighted by Crippen LogP contribution is 2.19. The molecule has 1 aromatic rings. The number of amides is 1. The van der Waals surface area contributed by atoms with Gasteiger partial charge in [-0.05, 0) is 56.2 Å². The van der Waals surface area contributed by atoms with E-state index in [-0.39, 0.29) is 18.3 Å². The summed E-state index contributed by atoms with van der Waals surface area (Å²) in [6, 6.07) is 6.91. The van der Waals surface area contributed by atoms with Crippen molar-refractivity contribution in [3.05, 3.63) is 33.8 Å². The van der Waals surface area contributed by atoms with Crippen molar-refractivity contribution in [3.8, 4) is 0 Å². The molecule has 3 N–H and O–H groups in total. The third-order valence-electron chi connectivity index (χ3n) is 4.00. The summed E-state index contributed by atoms with van der Waals surface area (Å²) in [5.74, 6) is 0.158. The Hall–Kier alpha value is -0.580. The second-order valence-electron chi connectivity index (χ2n) is 5.76. The molecule has 0 heterocycles. The number of halogens is 2. The van der Waals surface area contributed by atoms with Crippen LogP contribution in [0.4, 0.5) is 0 Å². The molecule has 0 aliphatic heterocycles. The van der Waals surface area contributed by atoms with Crippen molar-refractivity contribution in [1.29, 1.82) is 0 Å². The number of nitrogens with one attached hydrogen (secondary N) is 1. The summed E-state index contributed by atoms with van der Waals surface area (Å²) in [6.07, 6.45) is 5.44. The zero-order chi connectivity index (χ0) is 14.5. The van der Waals surface area contributed by atoms with Crippen LogP contribution in [0.5, 0.6) is 0 Å². The zero-order valence-corrected chi connectivity index (χ0v) is 14.8. The van der Waals surface area contributed by atoms with Crippen molar-refractivity contribution in [1.82, 2.24) is 5.32 Å². The minimum Gasteiger partial charge on any atom is -0.353 e. The smallest absolute Gasteiger partial charge is 0.220 e. The van der Waals surface area contributed by atoms with Gasteiger partial charge in [-0.1, -0.05) is 28.1 Å². The molecule has 2 rings (SSSR count). The predicted molar refractivity (Wildman–Crippen MR) is 92.8 cm³/mol. The van der Waals surface area contributed by atoms with Gasteiger partial charge in [0.05, 0.1) is 0 Å². The van der Waals surface area contributed by atoms with Crippen molar-refractivity contribution in [2.24, 2.45) is 5.73 Å². The Balaban J connectivity index is 0.00000220. The van der Waals surface area contributed by atoms with Crippen LogP contribution >= 0.6 is 28.3 Å². The molecule has 0 bridgehead atoms. The van der Waals surface area contributed by atoms with Crippen LogP contribution in [0.1, 0.15) is 43.2 Å². The third kappa shape index (κ3) is 5.97. The van der Waals surface area contributed by atoms with Crippen LogP contribution < -0.4 is 11.1 Å². The Morgan fingerprint density at radius 3 is 2.62 bits per heavy atom. The van der Waals surface area contributed by atoms with E-state index in [1.807, 2.05) is 6.07 Å². The number of hydrogen-bond acceptors (Lipinski definition) is 2. The first-order valence-corrected chi connectivity index (χ1v) is 8.14. The average Bonchev–Trinajstić information content (AvgIpc) is 2.43. The molecule has 1 fully saturated rings. The van der Waals surface area contributed by atoms with Crippen LogP contribution in [-0.2, 0) is 11.2 Å². The van der Waals surface area contributed by atoms with E-state index in [9.17, 15) is 4.79 Å². The zero-order valence-electron chi connectivity index (χ0n) is 12.4. The summed E-state index contributed by atoms with van der Waals surface area (Å²) < 4.78 is 1.12. The lowest BCUT2D eigenvalue weighted by Gasteiger charge is -2.26. The lowest BCUT2D eigenvalue weighted by Crippen LogP contribution is -2.40. The molecule has 0 saturated heterocycles. The van der Waals surface area contributed by atoms with Gasteiger partial charge in [0.2, 0.25) is 5.91 Å². The van der Waals surface area contributed by atoms with E-state index >= 15 is 0 Å². The van der Waals surface area contributed by atoms with Gasteiger partial charge in [0.15, 0.2) is 0 Å². The minimum absolute atomic E-state index is 0. The molecule has 1 amide bonds. The molecule has 0 unspecified atom stereocenters. The Kier molecular flexibility index (Phi) is 7.71. The van der Waals surface area contributed by atoms with Gasteiger partial charge in [-0.25, -0.2) is 0 Å². The van der Waals surface area contributed by atoms with Crippen molar-refractivity contribution >= 4 is 34.2 Å². The van der Waals surface area contributed by atoms with E-state index in [4.69, 9.17) is 5.73 Å². The third-order valence-corrected chi connectivity index (χ3v) is 4.89. The highest BCUT2D eigenvalue weighted by Gasteiger charge is 2.19. The van der Waals surface area contributed by atoms with Crippen molar-refractivity contribution in [2.75, 3.05) is 0 Å². The molecule has 118 valence electrons. The molecular formula is C16H24BrClN2O. The molecule has 1 aromatic carbocycles. The van der Waals surface area contributed by atoms with E-state index in [2.05, 4.69) is 40.3 Å². The maximum absolute atomic E-state index is 12.0. The predicted octanol–water partition coefficient (Wildman–Crippen LogP) is 3.50. The van der Waals surface area contributed by atoms with Crippen LogP contribution in [0.3, 0.4) is 0 Å². The van der Waals surface area contributed by atoms with Gasteiger partial charge >= 0.3 is 0 Å². The molecule has 3 nitrogen and oxygen atoms in total. The molecule has 1 saturated carbocycles. The molecular weight excluding hydrogens is 352 g/mol. The number of carbonyl (C=O) groups excluding carboxylic acids is 1. The maximum atomic E-state index is 12.0. The minimum atomic E-state index is 0. The summed E-state index contributed by atoms with van der Waals surface area (Å²) in [5.41, 5.74) is 8.30. The summed E-state index contributed by atoms with van der Waals surface area (Å²) in [7, 11) is 0. The first-order chi connectivity index (χ1) is 9.54. The molecule has 5 heteroatoms. The van der Waals surface area contributed by atoms with Crippen molar-refractivity contribution < 1.29 is 4.79 Å². The van der Waals surface area contributed by atoms with E-state index in [0.29, 0.717) is 18.5 Å². The monoisotopic (exact) mass is 374 g/mol. The van der Waals surface area contributed by atoms with Gasteiger partial charge in [0, 0.05) is 23.0 Å². The number of rotatable bonds is 4. The summed E-state index contributed by atoms with van der Waals surface area (Å²) in [5, 5.41) is 3.13. The van der Waals surface area contributed by atoms with E-state index in [0.717, 1.165) is 36.6 Å². The van der Waals surface area contributed by atoms with Crippen LogP contribution in [0.2, 0.25) is 0 Å². The molecule has 0 atom stereocenters. The normalized spacial score (nSPS) is 21.5. The fourth-order valence-electron chi connectivity index (χ4n) is 2.68. The molecule has 21 heavy (non-hydrogen) atoms. The van der Waals surface area contributed by atoms with Crippen molar-refractivity contribution in [3.63, 3.8) is 0 Å². The lowest BCUT2D eigenvalue weighted by atomic mass is 9.91. The molecule has 1 aliphatic rings. The van der Waals surface area contributed by atoms with Gasteiger partial charge in [-0.3, -0.25) is 4.79 Å².